The van der Waals surface area contributed by atoms with E-state index in [0.29, 0.717) is 28.3 Å². The van der Waals surface area contributed by atoms with E-state index < -0.39 is 0 Å². The molecule has 31 heavy (non-hydrogen) atoms. The van der Waals surface area contributed by atoms with Crippen LogP contribution in [0.15, 0.2) is 66.7 Å². The molecule has 0 saturated carbocycles. The smallest absolute Gasteiger partial charge is 0.261 e. The summed E-state index contributed by atoms with van der Waals surface area (Å²) in [7, 11) is 1.54. The zero-order chi connectivity index (χ0) is 21.8. The van der Waals surface area contributed by atoms with Gasteiger partial charge in [-0.2, -0.15) is 0 Å². The second-order valence-corrected chi connectivity index (χ2v) is 7.14. The summed E-state index contributed by atoms with van der Waals surface area (Å²) in [6.45, 7) is 0.247. The Morgan fingerprint density at radius 3 is 2.77 bits per heavy atom. The number of hydrogen-bond acceptors (Lipinski definition) is 4. The molecule has 3 aromatic rings. The lowest BCUT2D eigenvalue weighted by Gasteiger charge is -2.20. The van der Waals surface area contributed by atoms with Crippen LogP contribution in [0.3, 0.4) is 0 Å². The average molecular weight is 420 g/mol. The minimum Gasteiger partial charge on any atom is -0.497 e. The number of methoxy groups -OCH3 is 1. The van der Waals surface area contributed by atoms with Crippen molar-refractivity contribution in [2.75, 3.05) is 19.0 Å². The van der Waals surface area contributed by atoms with Gasteiger partial charge in [-0.15, -0.1) is 0 Å². The number of anilines is 1. The van der Waals surface area contributed by atoms with Gasteiger partial charge in [0.2, 0.25) is 0 Å². The van der Waals surface area contributed by atoms with Gasteiger partial charge >= 0.3 is 0 Å². The normalized spacial score (nSPS) is 13.1. The third-order valence-electron chi connectivity index (χ3n) is 5.03. The van der Waals surface area contributed by atoms with E-state index in [0.717, 1.165) is 5.56 Å². The summed E-state index contributed by atoms with van der Waals surface area (Å²) in [5, 5.41) is 2.85. The number of nitrogens with one attached hydrogen (secondary N) is 1. The second-order valence-electron chi connectivity index (χ2n) is 7.14. The van der Waals surface area contributed by atoms with Crippen molar-refractivity contribution in [2.24, 2.45) is 0 Å². The topological polar surface area (TPSA) is 67.9 Å². The monoisotopic (exact) mass is 420 g/mol. The van der Waals surface area contributed by atoms with Gasteiger partial charge < -0.3 is 19.7 Å². The van der Waals surface area contributed by atoms with Crippen molar-refractivity contribution in [3.8, 4) is 11.5 Å². The van der Waals surface area contributed by atoms with Crippen LogP contribution in [0.25, 0.3) is 0 Å². The molecule has 3 aromatic carbocycles. The zero-order valence-corrected chi connectivity index (χ0v) is 16.9. The molecule has 7 heteroatoms. The van der Waals surface area contributed by atoms with Crippen LogP contribution in [0.4, 0.5) is 10.1 Å². The van der Waals surface area contributed by atoms with Crippen molar-refractivity contribution in [1.82, 2.24) is 4.90 Å². The molecule has 1 aliphatic rings. The highest BCUT2D eigenvalue weighted by molar-refractivity contribution is 6.04. The summed E-state index contributed by atoms with van der Waals surface area (Å²) >= 11 is 0. The van der Waals surface area contributed by atoms with Crippen molar-refractivity contribution < 1.29 is 23.5 Å². The van der Waals surface area contributed by atoms with Gasteiger partial charge in [0, 0.05) is 35.5 Å². The van der Waals surface area contributed by atoms with Gasteiger partial charge in [-0.25, -0.2) is 4.39 Å². The number of amides is 2. The minimum absolute atomic E-state index is 0.128. The molecule has 0 unspecified atom stereocenters. The van der Waals surface area contributed by atoms with Crippen molar-refractivity contribution in [3.63, 3.8) is 0 Å². The standard InChI is InChI=1S/C24H21FN2O4/c1-30-20-7-4-6-16(12-20)24(29)26-19-9-10-22-18(11-19)14-27(23(28)15-31-22)13-17-5-2-3-8-21(17)25/h2-12H,13-15H2,1H3,(H,26,29). The molecule has 0 spiro atoms. The molecule has 0 saturated heterocycles. The molecule has 1 heterocycles. The molecule has 1 aliphatic heterocycles. The number of rotatable bonds is 5. The lowest BCUT2D eigenvalue weighted by atomic mass is 10.1. The molecular weight excluding hydrogens is 399 g/mol. The Labute approximate surface area is 179 Å². The van der Waals surface area contributed by atoms with Crippen LogP contribution in [0, 0.1) is 5.82 Å². The van der Waals surface area contributed by atoms with Gasteiger partial charge in [-0.1, -0.05) is 24.3 Å². The number of hydrogen-bond donors (Lipinski definition) is 1. The van der Waals surface area contributed by atoms with Crippen molar-refractivity contribution in [3.05, 3.63) is 89.2 Å². The molecule has 0 bridgehead atoms. The highest BCUT2D eigenvalue weighted by Crippen LogP contribution is 2.28. The average Bonchev–Trinajstić information content (AvgIpc) is 2.94. The first-order valence-electron chi connectivity index (χ1n) is 9.76. The molecule has 158 valence electrons. The van der Waals surface area contributed by atoms with E-state index in [2.05, 4.69) is 5.32 Å². The van der Waals surface area contributed by atoms with E-state index in [4.69, 9.17) is 9.47 Å². The van der Waals surface area contributed by atoms with Crippen molar-refractivity contribution >= 4 is 17.5 Å². The van der Waals surface area contributed by atoms with E-state index in [-0.39, 0.29) is 37.3 Å². The molecule has 0 atom stereocenters. The summed E-state index contributed by atoms with van der Waals surface area (Å²) in [5.74, 6) is 0.267. The first-order valence-corrected chi connectivity index (χ1v) is 9.76. The molecule has 6 nitrogen and oxygen atoms in total. The lowest BCUT2D eigenvalue weighted by molar-refractivity contribution is -0.133. The van der Waals surface area contributed by atoms with Crippen LogP contribution in [0.5, 0.6) is 11.5 Å². The van der Waals surface area contributed by atoms with Crippen LogP contribution >= 0.6 is 0 Å². The minimum atomic E-state index is -0.361. The van der Waals surface area contributed by atoms with Gasteiger partial charge in [-0.05, 0) is 42.5 Å². The second kappa shape index (κ2) is 8.87. The van der Waals surface area contributed by atoms with Gasteiger partial charge in [0.25, 0.3) is 11.8 Å². The molecule has 1 N–H and O–H groups in total. The Hall–Kier alpha value is -3.87. The number of carbonyl (C=O) groups excluding carboxylic acids is 2. The summed E-state index contributed by atoms with van der Waals surface area (Å²) in [5.41, 5.74) is 2.18. The lowest BCUT2D eigenvalue weighted by Crippen LogP contribution is -2.32. The van der Waals surface area contributed by atoms with Gasteiger partial charge in [0.1, 0.15) is 17.3 Å². The third-order valence-corrected chi connectivity index (χ3v) is 5.03. The zero-order valence-electron chi connectivity index (χ0n) is 16.9. The largest absolute Gasteiger partial charge is 0.497 e. The van der Waals surface area contributed by atoms with Crippen LogP contribution < -0.4 is 14.8 Å². The van der Waals surface area contributed by atoms with E-state index in [1.54, 1.807) is 60.7 Å². The summed E-state index contributed by atoms with van der Waals surface area (Å²) in [6, 6.07) is 18.4. The first-order chi connectivity index (χ1) is 15.0. The van der Waals surface area contributed by atoms with Crippen LogP contribution in [0.1, 0.15) is 21.5 Å². The summed E-state index contributed by atoms with van der Waals surface area (Å²) in [4.78, 5) is 26.7. The van der Waals surface area contributed by atoms with E-state index in [1.807, 2.05) is 0 Å². The number of ether oxygens (including phenoxy) is 2. The van der Waals surface area contributed by atoms with Gasteiger partial charge in [-0.3, -0.25) is 9.59 Å². The highest BCUT2D eigenvalue weighted by Gasteiger charge is 2.23. The SMILES string of the molecule is COc1cccc(C(=O)Nc2ccc3c(c2)CN(Cc2ccccc2F)C(=O)CO3)c1. The molecule has 4 rings (SSSR count). The molecule has 0 fully saturated rings. The van der Waals surface area contributed by atoms with Gasteiger partial charge in [0.05, 0.1) is 7.11 Å². The Morgan fingerprint density at radius 1 is 1.13 bits per heavy atom. The molecular formula is C24H21FN2O4. The predicted octanol–water partition coefficient (Wildman–Crippen LogP) is 4.01. The van der Waals surface area contributed by atoms with Gasteiger partial charge in [0.15, 0.2) is 6.61 Å². The first kappa shape index (κ1) is 20.4. The van der Waals surface area contributed by atoms with Crippen LogP contribution in [0.2, 0.25) is 0 Å². The highest BCUT2D eigenvalue weighted by atomic mass is 19.1. The maximum absolute atomic E-state index is 14.1. The number of carbonyl (C=O) groups is 2. The summed E-state index contributed by atoms with van der Waals surface area (Å²) < 4.78 is 24.8. The van der Waals surface area contributed by atoms with E-state index >= 15 is 0 Å². The number of halogens is 1. The fraction of sp³-hybridized carbons (Fsp3) is 0.167. The molecule has 0 aliphatic carbocycles. The van der Waals surface area contributed by atoms with Crippen LogP contribution in [-0.4, -0.2) is 30.4 Å². The molecule has 0 aromatic heterocycles. The van der Waals surface area contributed by atoms with Crippen molar-refractivity contribution in [1.29, 1.82) is 0 Å². The van der Waals surface area contributed by atoms with Crippen LogP contribution in [-0.2, 0) is 17.9 Å². The Balaban J connectivity index is 1.54. The third kappa shape index (κ3) is 4.66. The Kier molecular flexibility index (Phi) is 5.84. The number of benzene rings is 3. The van der Waals surface area contributed by atoms with E-state index in [9.17, 15) is 14.0 Å². The Morgan fingerprint density at radius 2 is 1.97 bits per heavy atom. The predicted molar refractivity (Wildman–Crippen MR) is 114 cm³/mol. The fourth-order valence-electron chi connectivity index (χ4n) is 3.39. The molecule has 2 amide bonds. The van der Waals surface area contributed by atoms with E-state index in [1.165, 1.54) is 18.1 Å². The number of nitrogens with zero attached hydrogens (tertiary/aromatic N) is 1. The maximum Gasteiger partial charge on any atom is 0.261 e. The quantitative estimate of drug-likeness (QED) is 0.677. The Bertz CT molecular complexity index is 1130. The number of fused-ring (bicyclic) bond motifs is 1. The summed E-state index contributed by atoms with van der Waals surface area (Å²) in [6.07, 6.45) is 0. The molecule has 0 radical (unpaired) electrons. The maximum atomic E-state index is 14.1. The fourth-order valence-corrected chi connectivity index (χ4v) is 3.39. The van der Waals surface area contributed by atoms with Crippen molar-refractivity contribution in [2.45, 2.75) is 13.1 Å².